The van der Waals surface area contributed by atoms with Crippen molar-refractivity contribution in [2.24, 2.45) is 77.5 Å². The molecule has 1 aliphatic heterocycles. The highest BCUT2D eigenvalue weighted by atomic mass is 32.1. The second-order valence-electron chi connectivity index (χ2n) is 21.2. The molecule has 2 heterocycles. The van der Waals surface area contributed by atoms with Crippen LogP contribution in [0.2, 0.25) is 0 Å². The Labute approximate surface area is 519 Å². The standard InChI is InChI=1S/C53H88N24O11S/c1-26(2)40-49(88)74-35(16-17-38(54)78)47(86)75-36(22-28-23-67-30-11-5-4-10-29(28)30)48(87)76-37(25-89)42(81)68-24-39(79)70-31(12-6-18-63-50(55)56)44(83)72-33(14-8-20-65-52(59)60)46(85)73-34(15-9-21-66-53(61)62)45(84)71-32(13-7-19-64-51(57)58)43(82)69-27(3)41(80)77-40/h4-5,10-11,23,26-27,31-37,40,67,89H,6-9,12-22,24-25H2,1-3H3,(H2,54,78)(H,68,81)(H,69,82)(H,70,79)(H,71,84)(H,72,83)(H,73,85)(H,74,88)(H,75,86)(H,76,87)(H,77,80)(H4,55,56,63)(H4,57,58,64)(H4,59,60,65)(H4,61,62,66)/t27-,31-,32-,33-,34-,35-,36-,37-,40-/m0/s1. The maximum atomic E-state index is 14.5. The lowest BCUT2D eigenvalue weighted by Crippen LogP contribution is -2.61. The van der Waals surface area contributed by atoms with Crippen LogP contribution in [0.1, 0.15) is 90.5 Å². The molecule has 1 saturated heterocycles. The molecule has 0 bridgehead atoms. The monoisotopic (exact) mass is 1270 g/mol. The molecule has 35 nitrogen and oxygen atoms in total. The van der Waals surface area contributed by atoms with Gasteiger partial charge in [0.05, 0.1) is 6.54 Å². The maximum Gasteiger partial charge on any atom is 0.243 e. The van der Waals surface area contributed by atoms with Crippen molar-refractivity contribution in [3.05, 3.63) is 36.0 Å². The first-order chi connectivity index (χ1) is 42.1. The molecule has 0 saturated carbocycles. The smallest absolute Gasteiger partial charge is 0.243 e. The molecule has 29 N–H and O–H groups in total. The number of rotatable bonds is 23. The second kappa shape index (κ2) is 37.8. The zero-order valence-corrected chi connectivity index (χ0v) is 51.0. The third-order valence-corrected chi connectivity index (χ3v) is 14.0. The van der Waals surface area contributed by atoms with Crippen molar-refractivity contribution in [1.82, 2.24) is 58.2 Å². The Bertz CT molecular complexity index is 2900. The number of aliphatic imine (C=N–C) groups is 4. The van der Waals surface area contributed by atoms with Gasteiger partial charge in [-0.2, -0.15) is 12.6 Å². The average molecular weight is 1270 g/mol. The number of amides is 11. The van der Waals surface area contributed by atoms with Crippen molar-refractivity contribution in [3.63, 3.8) is 0 Å². The maximum absolute atomic E-state index is 14.5. The number of aromatic nitrogens is 1. The van der Waals surface area contributed by atoms with E-state index in [1.165, 1.54) is 6.92 Å². The molecule has 2 aromatic rings. The zero-order chi connectivity index (χ0) is 66.3. The fourth-order valence-corrected chi connectivity index (χ4v) is 9.18. The van der Waals surface area contributed by atoms with Crippen molar-refractivity contribution in [2.45, 2.75) is 146 Å². The van der Waals surface area contributed by atoms with Gasteiger partial charge < -0.3 is 110 Å². The van der Waals surface area contributed by atoms with Gasteiger partial charge in [0.1, 0.15) is 54.4 Å². The summed E-state index contributed by atoms with van der Waals surface area (Å²) < 4.78 is 0. The molecule has 0 radical (unpaired) electrons. The molecule has 1 aromatic heterocycles. The Morgan fingerprint density at radius 1 is 0.494 bits per heavy atom. The minimum absolute atomic E-state index is 0.0104. The number of hydrogen-bond donors (Lipinski definition) is 21. The quantitative estimate of drug-likeness (QED) is 0.0213. The van der Waals surface area contributed by atoms with Crippen LogP contribution in [-0.4, -0.2) is 187 Å². The third kappa shape index (κ3) is 26.9. The number of thiol groups is 1. The van der Waals surface area contributed by atoms with Crippen molar-refractivity contribution in [2.75, 3.05) is 38.5 Å². The number of H-pyrrole nitrogens is 1. The number of para-hydroxylation sites is 1. The van der Waals surface area contributed by atoms with Gasteiger partial charge in [-0.3, -0.25) is 72.7 Å². The van der Waals surface area contributed by atoms with Gasteiger partial charge in [-0.25, -0.2) is 0 Å². The highest BCUT2D eigenvalue weighted by Crippen LogP contribution is 2.20. The van der Waals surface area contributed by atoms with Gasteiger partial charge in [0, 0.05) is 61.9 Å². The summed E-state index contributed by atoms with van der Waals surface area (Å²) in [6.07, 6.45) is 0.305. The van der Waals surface area contributed by atoms with Crippen LogP contribution in [0.25, 0.3) is 10.9 Å². The van der Waals surface area contributed by atoms with E-state index in [2.05, 4.69) is 90.8 Å². The van der Waals surface area contributed by atoms with Crippen molar-refractivity contribution in [1.29, 1.82) is 0 Å². The van der Waals surface area contributed by atoms with Crippen LogP contribution < -0.4 is 105 Å². The number of guanidine groups is 4. The largest absolute Gasteiger partial charge is 0.370 e. The minimum Gasteiger partial charge on any atom is -0.370 e. The van der Waals surface area contributed by atoms with Crippen LogP contribution in [0.5, 0.6) is 0 Å². The predicted molar refractivity (Wildman–Crippen MR) is 335 cm³/mol. The number of hydrogen-bond acceptors (Lipinski definition) is 16. The first-order valence-electron chi connectivity index (χ1n) is 28.8. The Balaban J connectivity index is 2.22. The summed E-state index contributed by atoms with van der Waals surface area (Å²) in [7, 11) is 0. The van der Waals surface area contributed by atoms with E-state index in [-0.39, 0.29) is 120 Å². The molecule has 492 valence electrons. The van der Waals surface area contributed by atoms with Gasteiger partial charge in [0.25, 0.3) is 0 Å². The lowest BCUT2D eigenvalue weighted by atomic mass is 10.0. The number of primary amides is 1. The van der Waals surface area contributed by atoms with Crippen molar-refractivity contribution < 1.29 is 52.7 Å². The SMILES string of the molecule is CC(C)[C@@H]1NC(=O)[C@H](C)NC(=O)[C@H](CCCN=C(N)N)NC(=O)[C@H](CCCN=C(N)N)NC(=O)[C@H](CCCN=C(N)N)NC(=O)[C@H](CCCN=C(N)N)NC(=O)CNC(=O)[C@H](CS)NC(=O)[C@H](Cc2c[nH]c3ccccc23)NC(=O)[C@H](CCC(N)=O)NC1=O. The molecular formula is C53H88N24O11S. The summed E-state index contributed by atoms with van der Waals surface area (Å²) in [5, 5.41) is 26.4. The summed E-state index contributed by atoms with van der Waals surface area (Å²) in [5.41, 5.74) is 51.0. The molecule has 11 amide bonds. The number of carbonyl (C=O) groups is 11. The molecule has 0 aliphatic carbocycles. The van der Waals surface area contributed by atoms with E-state index >= 15 is 0 Å². The second-order valence-corrected chi connectivity index (χ2v) is 21.6. The van der Waals surface area contributed by atoms with Gasteiger partial charge in [0.2, 0.25) is 65.0 Å². The number of carbonyl (C=O) groups excluding carboxylic acids is 11. The van der Waals surface area contributed by atoms with Crippen molar-refractivity contribution >= 4 is 112 Å². The molecule has 1 aromatic carbocycles. The molecule has 89 heavy (non-hydrogen) atoms. The Kier molecular flexibility index (Phi) is 31.3. The molecule has 3 rings (SSSR count). The lowest BCUT2D eigenvalue weighted by molar-refractivity contribution is -0.136. The van der Waals surface area contributed by atoms with Gasteiger partial charge in [-0.1, -0.05) is 32.0 Å². The van der Waals surface area contributed by atoms with Crippen LogP contribution in [-0.2, 0) is 59.2 Å². The van der Waals surface area contributed by atoms with Crippen LogP contribution in [0, 0.1) is 5.92 Å². The first-order valence-corrected chi connectivity index (χ1v) is 29.4. The van der Waals surface area contributed by atoms with Crippen LogP contribution in [0.3, 0.4) is 0 Å². The Morgan fingerprint density at radius 2 is 0.888 bits per heavy atom. The van der Waals surface area contributed by atoms with E-state index in [0.29, 0.717) is 16.5 Å². The number of benzene rings is 1. The number of aromatic amines is 1. The average Bonchev–Trinajstić information content (AvgIpc) is 2.13. The fourth-order valence-electron chi connectivity index (χ4n) is 8.92. The van der Waals surface area contributed by atoms with E-state index < -0.39 is 138 Å². The Hall–Kier alpha value is -9.64. The fraction of sp³-hybridized carbons (Fsp3) is 0.566. The van der Waals surface area contributed by atoms with Gasteiger partial charge in [0.15, 0.2) is 23.8 Å². The lowest BCUT2D eigenvalue weighted by Gasteiger charge is -2.28. The highest BCUT2D eigenvalue weighted by Gasteiger charge is 2.36. The van der Waals surface area contributed by atoms with E-state index in [4.69, 9.17) is 51.6 Å². The third-order valence-electron chi connectivity index (χ3n) is 13.6. The summed E-state index contributed by atoms with van der Waals surface area (Å²) in [6, 6.07) is -6.15. The van der Waals surface area contributed by atoms with E-state index in [1.54, 1.807) is 44.3 Å². The minimum atomic E-state index is -1.57. The van der Waals surface area contributed by atoms with Crippen molar-refractivity contribution in [3.8, 4) is 0 Å². The van der Waals surface area contributed by atoms with Crippen LogP contribution in [0.4, 0.5) is 0 Å². The number of fused-ring (bicyclic) bond motifs is 1. The Morgan fingerprint density at radius 3 is 1.33 bits per heavy atom. The molecule has 1 aliphatic rings. The molecule has 0 spiro atoms. The zero-order valence-electron chi connectivity index (χ0n) is 50.1. The normalized spacial score (nSPS) is 22.6. The molecule has 36 heteroatoms. The number of nitrogens with zero attached hydrogens (tertiary/aromatic N) is 4. The van der Waals surface area contributed by atoms with E-state index in [0.717, 1.165) is 0 Å². The number of nitrogens with one attached hydrogen (secondary N) is 11. The van der Waals surface area contributed by atoms with E-state index in [9.17, 15) is 52.7 Å². The molecular weight excluding hydrogens is 1180 g/mol. The van der Waals surface area contributed by atoms with Crippen LogP contribution >= 0.6 is 12.6 Å². The highest BCUT2D eigenvalue weighted by molar-refractivity contribution is 7.80. The van der Waals surface area contributed by atoms with E-state index in [1.807, 2.05) is 0 Å². The summed E-state index contributed by atoms with van der Waals surface area (Å²) >= 11 is 4.29. The van der Waals surface area contributed by atoms with Gasteiger partial charge >= 0.3 is 0 Å². The van der Waals surface area contributed by atoms with Crippen LogP contribution in [0.15, 0.2) is 50.4 Å². The molecule has 9 atom stereocenters. The summed E-state index contributed by atoms with van der Waals surface area (Å²) in [6.45, 7) is 3.60. The first kappa shape index (κ1) is 73.6. The number of nitrogens with two attached hydrogens (primary N) is 9. The summed E-state index contributed by atoms with van der Waals surface area (Å²) in [5.74, 6) is -12.2. The predicted octanol–water partition coefficient (Wildman–Crippen LogP) is -7.71. The van der Waals surface area contributed by atoms with Gasteiger partial charge in [-0.15, -0.1) is 0 Å². The molecule has 0 unspecified atom stereocenters. The topological polar surface area (TPSA) is 607 Å². The van der Waals surface area contributed by atoms with Gasteiger partial charge in [-0.05, 0) is 82.3 Å². The summed E-state index contributed by atoms with van der Waals surface area (Å²) in [4.78, 5) is 173. The molecule has 1 fully saturated rings.